The number of rotatable bonds is 2. The topological polar surface area (TPSA) is 26.0 Å². The van der Waals surface area contributed by atoms with Gasteiger partial charge in [0, 0.05) is 9.50 Å². The third-order valence-electron chi connectivity index (χ3n) is 2.88. The lowest BCUT2D eigenvalue weighted by Gasteiger charge is -2.16. The zero-order valence-corrected chi connectivity index (χ0v) is 12.4. The standard InChI is InChI=1S/C14H10BrClF3N/c15-12-6-3-9(7-11(12)14(17,18)19)13(20)8-1-4-10(16)5-2-8/h1-7,13H,20H2. The summed E-state index contributed by atoms with van der Waals surface area (Å²) in [5.74, 6) is 0. The van der Waals surface area contributed by atoms with E-state index in [1.165, 1.54) is 6.07 Å². The third-order valence-corrected chi connectivity index (χ3v) is 3.83. The highest BCUT2D eigenvalue weighted by molar-refractivity contribution is 9.10. The van der Waals surface area contributed by atoms with Gasteiger partial charge in [-0.1, -0.05) is 45.7 Å². The average molecular weight is 365 g/mol. The molecule has 0 spiro atoms. The molecule has 0 aliphatic rings. The molecule has 0 aliphatic carbocycles. The van der Waals surface area contributed by atoms with Crippen molar-refractivity contribution in [1.82, 2.24) is 0 Å². The number of benzene rings is 2. The fraction of sp³-hybridized carbons (Fsp3) is 0.143. The third kappa shape index (κ3) is 3.34. The molecule has 2 N–H and O–H groups in total. The van der Waals surface area contributed by atoms with E-state index in [0.717, 1.165) is 6.07 Å². The van der Waals surface area contributed by atoms with Crippen LogP contribution in [0.1, 0.15) is 22.7 Å². The second-order valence-corrected chi connectivity index (χ2v) is 5.56. The van der Waals surface area contributed by atoms with E-state index in [2.05, 4.69) is 15.9 Å². The predicted octanol–water partition coefficient (Wildman–Crippen LogP) is 5.17. The maximum Gasteiger partial charge on any atom is 0.417 e. The number of hydrogen-bond acceptors (Lipinski definition) is 1. The Hall–Kier alpha value is -1.04. The molecule has 0 amide bonds. The molecule has 0 heterocycles. The van der Waals surface area contributed by atoms with Gasteiger partial charge in [0.25, 0.3) is 0 Å². The summed E-state index contributed by atoms with van der Waals surface area (Å²) in [5.41, 5.74) is 6.36. The smallest absolute Gasteiger partial charge is 0.320 e. The van der Waals surface area contributed by atoms with Gasteiger partial charge in [-0.3, -0.25) is 0 Å². The molecule has 0 aromatic heterocycles. The molecule has 0 fully saturated rings. The molecule has 1 unspecified atom stereocenters. The number of hydrogen-bond donors (Lipinski definition) is 1. The van der Waals surface area contributed by atoms with Gasteiger partial charge in [-0.05, 0) is 35.4 Å². The van der Waals surface area contributed by atoms with Crippen LogP contribution in [0.5, 0.6) is 0 Å². The highest BCUT2D eigenvalue weighted by Crippen LogP contribution is 2.36. The zero-order valence-electron chi connectivity index (χ0n) is 10.1. The van der Waals surface area contributed by atoms with Crippen LogP contribution in [0.3, 0.4) is 0 Å². The van der Waals surface area contributed by atoms with E-state index < -0.39 is 17.8 Å². The number of halogens is 5. The fourth-order valence-corrected chi connectivity index (χ4v) is 2.41. The van der Waals surface area contributed by atoms with Crippen LogP contribution < -0.4 is 5.73 Å². The van der Waals surface area contributed by atoms with Crippen LogP contribution in [0.15, 0.2) is 46.9 Å². The van der Waals surface area contributed by atoms with Crippen LogP contribution in [0, 0.1) is 0 Å². The second-order valence-electron chi connectivity index (χ2n) is 4.27. The number of nitrogens with two attached hydrogens (primary N) is 1. The minimum atomic E-state index is -4.42. The lowest BCUT2D eigenvalue weighted by atomic mass is 9.98. The lowest BCUT2D eigenvalue weighted by Crippen LogP contribution is -2.14. The van der Waals surface area contributed by atoms with Crippen molar-refractivity contribution < 1.29 is 13.2 Å². The molecule has 1 atom stereocenters. The highest BCUT2D eigenvalue weighted by atomic mass is 79.9. The first-order chi connectivity index (χ1) is 9.29. The molecule has 0 aliphatic heterocycles. The molecule has 0 saturated heterocycles. The molecule has 2 aromatic rings. The Bertz CT molecular complexity index is 611. The van der Waals surface area contributed by atoms with Crippen molar-refractivity contribution in [2.45, 2.75) is 12.2 Å². The summed E-state index contributed by atoms with van der Waals surface area (Å²) in [7, 11) is 0. The quantitative estimate of drug-likeness (QED) is 0.782. The van der Waals surface area contributed by atoms with Gasteiger partial charge in [-0.25, -0.2) is 0 Å². The minimum absolute atomic E-state index is 0.00273. The first kappa shape index (κ1) is 15.4. The van der Waals surface area contributed by atoms with E-state index in [0.29, 0.717) is 16.1 Å². The van der Waals surface area contributed by atoms with E-state index in [1.807, 2.05) is 0 Å². The van der Waals surface area contributed by atoms with Crippen molar-refractivity contribution in [3.05, 3.63) is 68.7 Å². The Labute approximate surface area is 127 Å². The van der Waals surface area contributed by atoms with Gasteiger partial charge in [0.15, 0.2) is 0 Å². The maximum atomic E-state index is 12.9. The van der Waals surface area contributed by atoms with Crippen LogP contribution in [-0.2, 0) is 6.18 Å². The fourth-order valence-electron chi connectivity index (χ4n) is 1.82. The first-order valence-electron chi connectivity index (χ1n) is 5.66. The van der Waals surface area contributed by atoms with Crippen LogP contribution >= 0.6 is 27.5 Å². The van der Waals surface area contributed by atoms with E-state index in [1.54, 1.807) is 30.3 Å². The van der Waals surface area contributed by atoms with Crippen molar-refractivity contribution in [3.8, 4) is 0 Å². The monoisotopic (exact) mass is 363 g/mol. The van der Waals surface area contributed by atoms with E-state index in [4.69, 9.17) is 17.3 Å². The molecule has 106 valence electrons. The summed E-state index contributed by atoms with van der Waals surface area (Å²) in [6, 6.07) is 10.0. The summed E-state index contributed by atoms with van der Waals surface area (Å²) in [6.07, 6.45) is -4.42. The van der Waals surface area contributed by atoms with Gasteiger partial charge in [0.1, 0.15) is 0 Å². The predicted molar refractivity (Wildman–Crippen MR) is 76.6 cm³/mol. The Morgan fingerprint density at radius 2 is 1.55 bits per heavy atom. The van der Waals surface area contributed by atoms with E-state index in [9.17, 15) is 13.2 Å². The van der Waals surface area contributed by atoms with Crippen LogP contribution in [0.4, 0.5) is 13.2 Å². The van der Waals surface area contributed by atoms with Crippen LogP contribution in [0.25, 0.3) is 0 Å². The zero-order chi connectivity index (χ0) is 14.9. The largest absolute Gasteiger partial charge is 0.417 e. The summed E-state index contributed by atoms with van der Waals surface area (Å²) >= 11 is 8.68. The SMILES string of the molecule is NC(c1ccc(Cl)cc1)c1ccc(Br)c(C(F)(F)F)c1. The number of alkyl halides is 3. The van der Waals surface area contributed by atoms with Gasteiger partial charge < -0.3 is 5.73 Å². The Morgan fingerprint density at radius 3 is 2.10 bits per heavy atom. The molecule has 2 aromatic carbocycles. The van der Waals surface area contributed by atoms with Crippen molar-refractivity contribution in [2.24, 2.45) is 5.73 Å². The molecular weight excluding hydrogens is 355 g/mol. The van der Waals surface area contributed by atoms with Gasteiger partial charge in [0.05, 0.1) is 11.6 Å². The van der Waals surface area contributed by atoms with Gasteiger partial charge >= 0.3 is 6.18 Å². The Balaban J connectivity index is 2.40. The lowest BCUT2D eigenvalue weighted by molar-refractivity contribution is -0.138. The molecule has 6 heteroatoms. The normalized spacial score (nSPS) is 13.3. The average Bonchev–Trinajstić information content (AvgIpc) is 2.38. The maximum absolute atomic E-state index is 12.9. The van der Waals surface area contributed by atoms with Crippen LogP contribution in [0.2, 0.25) is 5.02 Å². The van der Waals surface area contributed by atoms with Gasteiger partial charge in [0.2, 0.25) is 0 Å². The summed E-state index contributed by atoms with van der Waals surface area (Å²) in [6.45, 7) is 0. The molecule has 0 bridgehead atoms. The van der Waals surface area contributed by atoms with Crippen molar-refractivity contribution in [3.63, 3.8) is 0 Å². The van der Waals surface area contributed by atoms with Crippen molar-refractivity contribution in [1.29, 1.82) is 0 Å². The van der Waals surface area contributed by atoms with E-state index >= 15 is 0 Å². The van der Waals surface area contributed by atoms with E-state index in [-0.39, 0.29) is 4.47 Å². The minimum Gasteiger partial charge on any atom is -0.320 e. The Morgan fingerprint density at radius 1 is 1.00 bits per heavy atom. The molecule has 1 nitrogen and oxygen atoms in total. The summed E-state index contributed by atoms with van der Waals surface area (Å²) < 4.78 is 38.6. The van der Waals surface area contributed by atoms with Crippen molar-refractivity contribution >= 4 is 27.5 Å². The summed E-state index contributed by atoms with van der Waals surface area (Å²) in [5, 5.41) is 0.549. The molecule has 0 saturated carbocycles. The second kappa shape index (κ2) is 5.76. The molecule has 2 rings (SSSR count). The first-order valence-corrected chi connectivity index (χ1v) is 6.84. The summed E-state index contributed by atoms with van der Waals surface area (Å²) in [4.78, 5) is 0. The highest BCUT2D eigenvalue weighted by Gasteiger charge is 2.33. The molecule has 0 radical (unpaired) electrons. The molecular formula is C14H10BrClF3N. The van der Waals surface area contributed by atoms with Crippen molar-refractivity contribution in [2.75, 3.05) is 0 Å². The van der Waals surface area contributed by atoms with Crippen LogP contribution in [-0.4, -0.2) is 0 Å². The van der Waals surface area contributed by atoms with Gasteiger partial charge in [-0.2, -0.15) is 13.2 Å². The molecule has 20 heavy (non-hydrogen) atoms. The Kier molecular flexibility index (Phi) is 4.42. The van der Waals surface area contributed by atoms with Gasteiger partial charge in [-0.15, -0.1) is 0 Å².